The van der Waals surface area contributed by atoms with E-state index in [9.17, 15) is 18.0 Å². The molecule has 0 saturated heterocycles. The van der Waals surface area contributed by atoms with Crippen LogP contribution >= 0.6 is 11.8 Å². The molecule has 0 aliphatic heterocycles. The number of carbonyl (C=O) groups is 1. The van der Waals surface area contributed by atoms with Gasteiger partial charge in [0.05, 0.1) is 0 Å². The number of carbonyl (C=O) groups excluding carboxylic acids is 1. The molecular weight excluding hydrogens is 263 g/mol. The van der Waals surface area contributed by atoms with Crippen LogP contribution in [-0.2, 0) is 4.79 Å². The zero-order valence-electron chi connectivity index (χ0n) is 9.88. The van der Waals surface area contributed by atoms with Crippen molar-refractivity contribution in [2.45, 2.75) is 24.4 Å². The molecule has 6 heteroatoms. The highest BCUT2D eigenvalue weighted by molar-refractivity contribution is 7.99. The van der Waals surface area contributed by atoms with E-state index in [0.717, 1.165) is 10.5 Å². The number of amides is 1. The summed E-state index contributed by atoms with van der Waals surface area (Å²) in [6.45, 7) is 2.03. The molecular formula is C12H14F3NOS. The Hall–Kier alpha value is -1.17. The second kappa shape index (κ2) is 6.68. The van der Waals surface area contributed by atoms with E-state index in [2.05, 4.69) is 0 Å². The van der Waals surface area contributed by atoms with Crippen LogP contribution in [0.2, 0.25) is 0 Å². The molecule has 0 aliphatic rings. The van der Waals surface area contributed by atoms with Crippen LogP contribution in [0.25, 0.3) is 0 Å². The SMILES string of the molecule is Cc1ccc(SCCCNC(=O)C(F)(F)F)cc1. The first-order valence-electron chi connectivity index (χ1n) is 5.44. The van der Waals surface area contributed by atoms with Gasteiger partial charge in [-0.3, -0.25) is 4.79 Å². The molecule has 0 atom stereocenters. The van der Waals surface area contributed by atoms with Gasteiger partial charge in [-0.1, -0.05) is 17.7 Å². The zero-order chi connectivity index (χ0) is 13.6. The van der Waals surface area contributed by atoms with Gasteiger partial charge in [-0.25, -0.2) is 0 Å². The van der Waals surface area contributed by atoms with E-state index in [1.54, 1.807) is 11.8 Å². The van der Waals surface area contributed by atoms with E-state index in [1.165, 1.54) is 0 Å². The van der Waals surface area contributed by atoms with Gasteiger partial charge in [0.2, 0.25) is 0 Å². The van der Waals surface area contributed by atoms with Gasteiger partial charge in [0.1, 0.15) is 0 Å². The zero-order valence-corrected chi connectivity index (χ0v) is 10.7. The van der Waals surface area contributed by atoms with E-state index in [-0.39, 0.29) is 6.54 Å². The molecule has 1 N–H and O–H groups in total. The van der Waals surface area contributed by atoms with E-state index in [4.69, 9.17) is 0 Å². The molecule has 0 aromatic heterocycles. The van der Waals surface area contributed by atoms with Crippen molar-refractivity contribution < 1.29 is 18.0 Å². The van der Waals surface area contributed by atoms with Crippen LogP contribution < -0.4 is 5.32 Å². The highest BCUT2D eigenvalue weighted by Crippen LogP contribution is 2.19. The van der Waals surface area contributed by atoms with E-state index in [0.29, 0.717) is 12.2 Å². The maximum atomic E-state index is 11.8. The van der Waals surface area contributed by atoms with Crippen molar-refractivity contribution in [2.24, 2.45) is 0 Å². The largest absolute Gasteiger partial charge is 0.471 e. The second-order valence-electron chi connectivity index (χ2n) is 3.77. The standard InChI is InChI=1S/C12H14F3NOS/c1-9-3-5-10(6-4-9)18-8-2-7-16-11(17)12(13,14)15/h3-6H,2,7-8H2,1H3,(H,16,17). The van der Waals surface area contributed by atoms with Crippen LogP contribution in [0.15, 0.2) is 29.2 Å². The lowest BCUT2D eigenvalue weighted by Gasteiger charge is -2.07. The fraction of sp³-hybridized carbons (Fsp3) is 0.417. The highest BCUT2D eigenvalue weighted by atomic mass is 32.2. The molecule has 0 fully saturated rings. The molecule has 1 aromatic carbocycles. The maximum Gasteiger partial charge on any atom is 0.471 e. The van der Waals surface area contributed by atoms with Gasteiger partial charge in [0.15, 0.2) is 0 Å². The molecule has 1 amide bonds. The van der Waals surface area contributed by atoms with Gasteiger partial charge in [-0.05, 0) is 31.2 Å². The molecule has 1 aromatic rings. The third-order valence-electron chi connectivity index (χ3n) is 2.15. The lowest BCUT2D eigenvalue weighted by Crippen LogP contribution is -2.37. The van der Waals surface area contributed by atoms with Crippen molar-refractivity contribution >= 4 is 17.7 Å². The van der Waals surface area contributed by atoms with Crippen LogP contribution in [0.4, 0.5) is 13.2 Å². The Morgan fingerprint density at radius 1 is 1.28 bits per heavy atom. The average molecular weight is 277 g/mol. The summed E-state index contributed by atoms with van der Waals surface area (Å²) < 4.78 is 35.5. The molecule has 0 aliphatic carbocycles. The normalized spacial score (nSPS) is 11.3. The second-order valence-corrected chi connectivity index (χ2v) is 4.94. The maximum absolute atomic E-state index is 11.8. The smallest absolute Gasteiger partial charge is 0.348 e. The Morgan fingerprint density at radius 2 is 1.89 bits per heavy atom. The van der Waals surface area contributed by atoms with Crippen molar-refractivity contribution in [3.8, 4) is 0 Å². The molecule has 0 saturated carbocycles. The Labute approximate surface area is 108 Å². The number of rotatable bonds is 5. The van der Waals surface area contributed by atoms with Crippen molar-refractivity contribution in [3.63, 3.8) is 0 Å². The van der Waals surface area contributed by atoms with Gasteiger partial charge in [-0.15, -0.1) is 11.8 Å². The van der Waals surface area contributed by atoms with Crippen LogP contribution in [0, 0.1) is 6.92 Å². The quantitative estimate of drug-likeness (QED) is 0.661. The minimum absolute atomic E-state index is 0.0389. The molecule has 0 spiro atoms. The number of alkyl halides is 3. The Balaban J connectivity index is 2.16. The van der Waals surface area contributed by atoms with Gasteiger partial charge in [0.25, 0.3) is 0 Å². The first-order chi connectivity index (χ1) is 8.39. The third kappa shape index (κ3) is 5.44. The Kier molecular flexibility index (Phi) is 5.53. The van der Waals surface area contributed by atoms with Crippen LogP contribution in [0.5, 0.6) is 0 Å². The molecule has 0 radical (unpaired) electrons. The fourth-order valence-corrected chi connectivity index (χ4v) is 2.05. The van der Waals surface area contributed by atoms with Gasteiger partial charge in [-0.2, -0.15) is 13.2 Å². The highest BCUT2D eigenvalue weighted by Gasteiger charge is 2.38. The number of nitrogens with one attached hydrogen (secondary N) is 1. The first-order valence-corrected chi connectivity index (χ1v) is 6.42. The summed E-state index contributed by atoms with van der Waals surface area (Å²) in [6, 6.07) is 7.89. The minimum atomic E-state index is -4.79. The predicted octanol–water partition coefficient (Wildman–Crippen LogP) is 3.16. The van der Waals surface area contributed by atoms with Crippen LogP contribution in [0.1, 0.15) is 12.0 Å². The Morgan fingerprint density at radius 3 is 2.44 bits per heavy atom. The monoisotopic (exact) mass is 277 g/mol. The first kappa shape index (κ1) is 14.9. The van der Waals surface area contributed by atoms with Crippen molar-refractivity contribution in [1.29, 1.82) is 0 Å². The van der Waals surface area contributed by atoms with Crippen molar-refractivity contribution in [1.82, 2.24) is 5.32 Å². The third-order valence-corrected chi connectivity index (χ3v) is 3.25. The van der Waals surface area contributed by atoms with Crippen LogP contribution in [0.3, 0.4) is 0 Å². The minimum Gasteiger partial charge on any atom is -0.348 e. The lowest BCUT2D eigenvalue weighted by atomic mass is 10.2. The summed E-state index contributed by atoms with van der Waals surface area (Å²) in [6.07, 6.45) is -4.29. The summed E-state index contributed by atoms with van der Waals surface area (Å²) >= 11 is 1.56. The average Bonchev–Trinajstić information content (AvgIpc) is 2.29. The van der Waals surface area contributed by atoms with E-state index < -0.39 is 12.1 Å². The number of aryl methyl sites for hydroxylation is 1. The van der Waals surface area contributed by atoms with Crippen molar-refractivity contribution in [3.05, 3.63) is 29.8 Å². The molecule has 0 heterocycles. The molecule has 0 unspecified atom stereocenters. The number of benzene rings is 1. The van der Waals surface area contributed by atoms with E-state index in [1.807, 2.05) is 36.5 Å². The van der Waals surface area contributed by atoms with Crippen LogP contribution in [-0.4, -0.2) is 24.4 Å². The summed E-state index contributed by atoms with van der Waals surface area (Å²) in [7, 11) is 0. The molecule has 1 rings (SSSR count). The number of hydrogen-bond acceptors (Lipinski definition) is 2. The summed E-state index contributed by atoms with van der Waals surface area (Å²) in [4.78, 5) is 11.6. The number of hydrogen-bond donors (Lipinski definition) is 1. The molecule has 2 nitrogen and oxygen atoms in total. The fourth-order valence-electron chi connectivity index (χ4n) is 1.20. The van der Waals surface area contributed by atoms with Gasteiger partial charge >= 0.3 is 12.1 Å². The number of thioether (sulfide) groups is 1. The van der Waals surface area contributed by atoms with Gasteiger partial charge in [0, 0.05) is 11.4 Å². The Bertz CT molecular complexity index is 389. The van der Waals surface area contributed by atoms with Gasteiger partial charge < -0.3 is 5.32 Å². The van der Waals surface area contributed by atoms with Crippen molar-refractivity contribution in [2.75, 3.05) is 12.3 Å². The molecule has 18 heavy (non-hydrogen) atoms. The predicted molar refractivity (Wildman–Crippen MR) is 65.6 cm³/mol. The summed E-state index contributed by atoms with van der Waals surface area (Å²) in [5, 5.41) is 1.84. The molecule has 0 bridgehead atoms. The summed E-state index contributed by atoms with van der Waals surface area (Å²) in [5.41, 5.74) is 1.16. The lowest BCUT2D eigenvalue weighted by molar-refractivity contribution is -0.173. The molecule has 100 valence electrons. The van der Waals surface area contributed by atoms with E-state index >= 15 is 0 Å². The topological polar surface area (TPSA) is 29.1 Å². The summed E-state index contributed by atoms with van der Waals surface area (Å²) in [5.74, 6) is -1.20. The number of halogens is 3.